The molecule has 1 rings (SSSR count). The summed E-state index contributed by atoms with van der Waals surface area (Å²) in [5, 5.41) is 3.38. The highest BCUT2D eigenvalue weighted by atomic mass is 15.1. The monoisotopic (exact) mass is 221 g/mol. The van der Waals surface area contributed by atoms with Crippen LogP contribution in [0.25, 0.3) is 0 Å². The van der Waals surface area contributed by atoms with Gasteiger partial charge in [0, 0.05) is 37.6 Å². The average Bonchev–Trinajstić information content (AvgIpc) is 2.25. The molecular formula is C13H23N3. The van der Waals surface area contributed by atoms with Crippen LogP contribution in [0, 0.1) is 0 Å². The first kappa shape index (κ1) is 13.0. The van der Waals surface area contributed by atoms with Crippen LogP contribution in [-0.4, -0.2) is 24.1 Å². The zero-order chi connectivity index (χ0) is 12.1. The van der Waals surface area contributed by atoms with Gasteiger partial charge in [0.15, 0.2) is 0 Å². The van der Waals surface area contributed by atoms with Crippen molar-refractivity contribution in [2.75, 3.05) is 11.9 Å². The lowest BCUT2D eigenvalue weighted by Gasteiger charge is -2.24. The van der Waals surface area contributed by atoms with Crippen molar-refractivity contribution in [3.05, 3.63) is 24.0 Å². The number of pyridine rings is 1. The van der Waals surface area contributed by atoms with Crippen molar-refractivity contribution in [1.29, 1.82) is 0 Å². The van der Waals surface area contributed by atoms with Crippen molar-refractivity contribution in [2.24, 2.45) is 0 Å². The van der Waals surface area contributed by atoms with E-state index in [-0.39, 0.29) is 0 Å². The van der Waals surface area contributed by atoms with E-state index in [0.29, 0.717) is 12.1 Å². The SMILES string of the molecule is CC(C)NCc1cc(N(C)C(C)C)ccn1. The van der Waals surface area contributed by atoms with E-state index in [1.807, 2.05) is 6.20 Å². The van der Waals surface area contributed by atoms with Gasteiger partial charge < -0.3 is 10.2 Å². The molecule has 0 amide bonds. The van der Waals surface area contributed by atoms with Gasteiger partial charge in [0.25, 0.3) is 0 Å². The van der Waals surface area contributed by atoms with Crippen LogP contribution < -0.4 is 10.2 Å². The smallest absolute Gasteiger partial charge is 0.0562 e. The Morgan fingerprint density at radius 1 is 1.31 bits per heavy atom. The topological polar surface area (TPSA) is 28.2 Å². The molecule has 1 heterocycles. The third kappa shape index (κ3) is 3.81. The van der Waals surface area contributed by atoms with Crippen LogP contribution >= 0.6 is 0 Å². The lowest BCUT2D eigenvalue weighted by molar-refractivity contribution is 0.581. The zero-order valence-corrected chi connectivity index (χ0v) is 11.0. The lowest BCUT2D eigenvalue weighted by Crippen LogP contribution is -2.26. The summed E-state index contributed by atoms with van der Waals surface area (Å²) in [6.45, 7) is 9.49. The number of anilines is 1. The Balaban J connectivity index is 2.71. The predicted octanol–water partition coefficient (Wildman–Crippen LogP) is 2.42. The van der Waals surface area contributed by atoms with Crippen LogP contribution in [0.4, 0.5) is 5.69 Å². The number of hydrogen-bond donors (Lipinski definition) is 1. The summed E-state index contributed by atoms with van der Waals surface area (Å²) < 4.78 is 0. The average molecular weight is 221 g/mol. The Kier molecular flexibility index (Phi) is 4.74. The second-order valence-corrected chi connectivity index (χ2v) is 4.75. The number of rotatable bonds is 5. The van der Waals surface area contributed by atoms with E-state index < -0.39 is 0 Å². The van der Waals surface area contributed by atoms with Crippen LogP contribution in [0.3, 0.4) is 0 Å². The second kappa shape index (κ2) is 5.85. The molecule has 0 bridgehead atoms. The molecule has 0 saturated heterocycles. The first-order chi connectivity index (χ1) is 7.50. The van der Waals surface area contributed by atoms with Gasteiger partial charge in [-0.2, -0.15) is 0 Å². The van der Waals surface area contributed by atoms with Crippen molar-refractivity contribution in [1.82, 2.24) is 10.3 Å². The Bertz CT molecular complexity index is 321. The van der Waals surface area contributed by atoms with Crippen LogP contribution in [0.5, 0.6) is 0 Å². The maximum Gasteiger partial charge on any atom is 0.0562 e. The van der Waals surface area contributed by atoms with Gasteiger partial charge in [-0.3, -0.25) is 4.98 Å². The van der Waals surface area contributed by atoms with Gasteiger partial charge in [-0.15, -0.1) is 0 Å². The molecule has 0 saturated carbocycles. The predicted molar refractivity (Wildman–Crippen MR) is 69.8 cm³/mol. The molecule has 0 fully saturated rings. The largest absolute Gasteiger partial charge is 0.372 e. The highest BCUT2D eigenvalue weighted by molar-refractivity contribution is 5.46. The molecule has 0 atom stereocenters. The van der Waals surface area contributed by atoms with E-state index in [9.17, 15) is 0 Å². The van der Waals surface area contributed by atoms with Gasteiger partial charge in [0.05, 0.1) is 5.69 Å². The highest BCUT2D eigenvalue weighted by Gasteiger charge is 2.06. The summed E-state index contributed by atoms with van der Waals surface area (Å²) in [5.74, 6) is 0. The summed E-state index contributed by atoms with van der Waals surface area (Å²) in [5.41, 5.74) is 2.32. The van der Waals surface area contributed by atoms with Crippen molar-refractivity contribution < 1.29 is 0 Å². The summed E-state index contributed by atoms with van der Waals surface area (Å²) in [7, 11) is 2.11. The second-order valence-electron chi connectivity index (χ2n) is 4.75. The Hall–Kier alpha value is -1.09. The lowest BCUT2D eigenvalue weighted by atomic mass is 10.2. The van der Waals surface area contributed by atoms with Gasteiger partial charge in [0.1, 0.15) is 0 Å². The van der Waals surface area contributed by atoms with Gasteiger partial charge in [0.2, 0.25) is 0 Å². The molecule has 0 aromatic carbocycles. The third-order valence-electron chi connectivity index (χ3n) is 2.67. The number of nitrogens with zero attached hydrogens (tertiary/aromatic N) is 2. The number of nitrogens with one attached hydrogen (secondary N) is 1. The maximum absolute atomic E-state index is 4.36. The van der Waals surface area contributed by atoms with E-state index in [1.54, 1.807) is 0 Å². The molecule has 90 valence electrons. The first-order valence-corrected chi connectivity index (χ1v) is 5.92. The molecule has 1 aromatic rings. The fourth-order valence-electron chi connectivity index (χ4n) is 1.39. The van der Waals surface area contributed by atoms with Gasteiger partial charge >= 0.3 is 0 Å². The molecule has 1 N–H and O–H groups in total. The van der Waals surface area contributed by atoms with Crippen LogP contribution in [0.2, 0.25) is 0 Å². The van der Waals surface area contributed by atoms with Crippen molar-refractivity contribution in [2.45, 2.75) is 46.3 Å². The van der Waals surface area contributed by atoms with E-state index in [0.717, 1.165) is 12.2 Å². The van der Waals surface area contributed by atoms with E-state index in [4.69, 9.17) is 0 Å². The van der Waals surface area contributed by atoms with E-state index in [2.05, 4.69) is 62.1 Å². The van der Waals surface area contributed by atoms with Crippen LogP contribution in [0.15, 0.2) is 18.3 Å². The molecule has 0 aliphatic carbocycles. The van der Waals surface area contributed by atoms with Crippen molar-refractivity contribution >= 4 is 5.69 Å². The normalized spacial score (nSPS) is 11.2. The Labute approximate surface area is 98.9 Å². The van der Waals surface area contributed by atoms with Crippen molar-refractivity contribution in [3.63, 3.8) is 0 Å². The minimum absolute atomic E-state index is 0.494. The summed E-state index contributed by atoms with van der Waals surface area (Å²) in [6, 6.07) is 5.20. The van der Waals surface area contributed by atoms with Gasteiger partial charge in [-0.05, 0) is 26.0 Å². The molecule has 0 aliphatic rings. The molecule has 3 heteroatoms. The van der Waals surface area contributed by atoms with Crippen molar-refractivity contribution in [3.8, 4) is 0 Å². The molecule has 16 heavy (non-hydrogen) atoms. The maximum atomic E-state index is 4.36. The zero-order valence-electron chi connectivity index (χ0n) is 11.0. The third-order valence-corrected chi connectivity index (χ3v) is 2.67. The molecular weight excluding hydrogens is 198 g/mol. The summed E-state index contributed by atoms with van der Waals surface area (Å²) in [4.78, 5) is 6.61. The van der Waals surface area contributed by atoms with Crippen LogP contribution in [0.1, 0.15) is 33.4 Å². The van der Waals surface area contributed by atoms with Gasteiger partial charge in [-0.25, -0.2) is 0 Å². The standard InChI is InChI=1S/C13H23N3/c1-10(2)15-9-12-8-13(6-7-14-12)16(5)11(3)4/h6-8,10-11,15H,9H2,1-5H3. The quantitative estimate of drug-likeness (QED) is 0.827. The minimum atomic E-state index is 0.494. The molecule has 0 spiro atoms. The molecule has 0 aliphatic heterocycles. The molecule has 1 aromatic heterocycles. The van der Waals surface area contributed by atoms with Crippen LogP contribution in [-0.2, 0) is 6.54 Å². The van der Waals surface area contributed by atoms with Gasteiger partial charge in [-0.1, -0.05) is 13.8 Å². The van der Waals surface area contributed by atoms with E-state index >= 15 is 0 Å². The fraction of sp³-hybridized carbons (Fsp3) is 0.615. The molecule has 0 radical (unpaired) electrons. The first-order valence-electron chi connectivity index (χ1n) is 5.92. The highest BCUT2D eigenvalue weighted by Crippen LogP contribution is 2.15. The molecule has 3 nitrogen and oxygen atoms in total. The minimum Gasteiger partial charge on any atom is -0.372 e. The number of aromatic nitrogens is 1. The van der Waals surface area contributed by atoms with E-state index in [1.165, 1.54) is 5.69 Å². The Morgan fingerprint density at radius 2 is 2.00 bits per heavy atom. The fourth-order valence-corrected chi connectivity index (χ4v) is 1.39. The Morgan fingerprint density at radius 3 is 2.56 bits per heavy atom. The summed E-state index contributed by atoms with van der Waals surface area (Å²) in [6.07, 6.45) is 1.88. The number of hydrogen-bond acceptors (Lipinski definition) is 3. The summed E-state index contributed by atoms with van der Waals surface area (Å²) >= 11 is 0. The molecule has 0 unspecified atom stereocenters.